The van der Waals surface area contributed by atoms with Gasteiger partial charge in [0.1, 0.15) is 0 Å². The Balaban J connectivity index is 0.000000410. The zero-order valence-electron chi connectivity index (χ0n) is 63.2. The summed E-state index contributed by atoms with van der Waals surface area (Å²) in [5.41, 5.74) is 12.8. The molecule has 9 rings (SSSR count). The summed E-state index contributed by atoms with van der Waals surface area (Å²) in [6, 6.07) is 49.6. The van der Waals surface area contributed by atoms with Gasteiger partial charge in [0.15, 0.2) is 0 Å². The molecule has 0 atom stereocenters. The van der Waals surface area contributed by atoms with Gasteiger partial charge in [-0.1, -0.05) is 298 Å². The molecule has 6 N–H and O–H groups in total. The Morgan fingerprint density at radius 2 is 0.459 bits per heavy atom. The Morgan fingerprint density at radius 3 is 0.653 bits per heavy atom. The number of nitrogens with zero attached hydrogens (tertiary/aromatic N) is 5. The van der Waals surface area contributed by atoms with Gasteiger partial charge in [-0.25, -0.2) is 4.98 Å². The molecule has 0 saturated heterocycles. The van der Waals surface area contributed by atoms with Crippen molar-refractivity contribution >= 4 is 69.4 Å². The molecule has 0 aliphatic carbocycles. The molecule has 0 aliphatic heterocycles. The minimum atomic E-state index is -0.285. The topological polar surface area (TPSA) is 221 Å². The standard InChI is InChI=1S/2C36H48N2O2.C13H9N.2H2O.2Zn/c2*1-33(2,3)25-17-23(31(39)27(19-25)35(7,8)9)21-37-29-15-13-14-16-30(29)38-22-24-18-26(34(4,5)6)20-28(32(24)40)36(10,11)12;1-3-7-12-10(5-1)9-11-6-2-4-8-13(11)14-12;;;;/h2*13-22,39-40H,1-12H3;1-9H;2*1H2;;/q;;;;;2*+2/p-2. The Kier molecular flexibility index (Phi) is 28.2. The monoisotopic (exact) mass is 1420 g/mol. The number of fused-ring (bicyclic) bond motifs is 2. The molecule has 98 heavy (non-hydrogen) atoms. The molecule has 0 spiro atoms. The molecule has 510 valence electrons. The average molecular weight is 1430 g/mol. The maximum atomic E-state index is 13.4. The summed E-state index contributed by atoms with van der Waals surface area (Å²) >= 11 is 0. The molecule has 0 bridgehead atoms. The van der Waals surface area contributed by atoms with Crippen LogP contribution in [0.2, 0.25) is 0 Å². The fraction of sp³-hybridized carbons (Fsp3) is 0.376. The maximum absolute atomic E-state index is 13.4. The van der Waals surface area contributed by atoms with E-state index in [1.807, 2.05) is 133 Å². The van der Waals surface area contributed by atoms with Crippen molar-refractivity contribution in [2.24, 2.45) is 20.0 Å². The van der Waals surface area contributed by atoms with Gasteiger partial charge in [0.25, 0.3) is 0 Å². The summed E-state index contributed by atoms with van der Waals surface area (Å²) in [7, 11) is 0. The number of benzene rings is 8. The van der Waals surface area contributed by atoms with E-state index >= 15 is 0 Å². The van der Waals surface area contributed by atoms with Crippen LogP contribution in [-0.4, -0.2) is 29.8 Å². The van der Waals surface area contributed by atoms with Gasteiger partial charge in [-0.05, 0) is 153 Å². The van der Waals surface area contributed by atoms with Gasteiger partial charge in [0, 0.05) is 35.6 Å². The summed E-state index contributed by atoms with van der Waals surface area (Å²) in [6.07, 6.45) is 6.60. The Bertz CT molecular complexity index is 3790. The first-order valence-corrected chi connectivity index (χ1v) is 32.9. The van der Waals surface area contributed by atoms with E-state index in [4.69, 9.17) is 20.0 Å². The van der Waals surface area contributed by atoms with Crippen LogP contribution in [0, 0.1) is 0 Å². The number of hydrogen-bond donors (Lipinski definition) is 0. The molecule has 0 amide bonds. The molecule has 0 saturated carbocycles. The third-order valence-electron chi connectivity index (χ3n) is 16.7. The van der Waals surface area contributed by atoms with Gasteiger partial charge >= 0.3 is 39.0 Å². The smallest absolute Gasteiger partial charge is 0.872 e. The van der Waals surface area contributed by atoms with Crippen LogP contribution < -0.4 is 20.4 Å². The predicted molar refractivity (Wildman–Crippen MR) is 404 cm³/mol. The van der Waals surface area contributed by atoms with E-state index in [0.29, 0.717) is 45.0 Å². The van der Waals surface area contributed by atoms with Crippen LogP contribution in [0.4, 0.5) is 22.7 Å². The van der Waals surface area contributed by atoms with Crippen molar-refractivity contribution in [2.45, 2.75) is 209 Å². The predicted octanol–water partition coefficient (Wildman–Crippen LogP) is 18.6. The number of pyridine rings is 1. The minimum absolute atomic E-state index is 0. The van der Waals surface area contributed by atoms with Crippen LogP contribution in [0.3, 0.4) is 0 Å². The fourth-order valence-electron chi connectivity index (χ4n) is 10.6. The molecular weight excluding hydrogens is 1320 g/mol. The van der Waals surface area contributed by atoms with Gasteiger partial charge in [-0.2, -0.15) is 0 Å². The summed E-state index contributed by atoms with van der Waals surface area (Å²) in [6.45, 7) is 50.5. The first-order chi connectivity index (χ1) is 43.3. The van der Waals surface area contributed by atoms with Crippen LogP contribution in [0.1, 0.15) is 233 Å². The molecule has 1 aromatic heterocycles. The van der Waals surface area contributed by atoms with Crippen molar-refractivity contribution in [3.63, 3.8) is 0 Å². The maximum Gasteiger partial charge on any atom is 2.00 e. The van der Waals surface area contributed by atoms with Gasteiger partial charge in [-0.3, -0.25) is 20.0 Å². The third kappa shape index (κ3) is 21.7. The molecule has 0 fully saturated rings. The Hall–Kier alpha value is -7.52. The van der Waals surface area contributed by atoms with Crippen LogP contribution in [0.25, 0.3) is 21.8 Å². The largest absolute Gasteiger partial charge is 2.00 e. The minimum Gasteiger partial charge on any atom is -0.872 e. The number of hydrogen-bond acceptors (Lipinski definition) is 9. The molecule has 1 heterocycles. The van der Waals surface area contributed by atoms with E-state index in [2.05, 4.69) is 189 Å². The van der Waals surface area contributed by atoms with Gasteiger partial charge in [0.05, 0.1) is 33.8 Å². The fourth-order valence-corrected chi connectivity index (χ4v) is 10.6. The van der Waals surface area contributed by atoms with E-state index < -0.39 is 0 Å². The second kappa shape index (κ2) is 32.6. The van der Waals surface area contributed by atoms with Crippen molar-refractivity contribution in [1.29, 1.82) is 0 Å². The average Bonchev–Trinajstić information content (AvgIpc) is 0.807. The Morgan fingerprint density at radius 1 is 0.265 bits per heavy atom. The normalized spacial score (nSPS) is 12.6. The van der Waals surface area contributed by atoms with Crippen molar-refractivity contribution < 1.29 is 70.3 Å². The first-order valence-electron chi connectivity index (χ1n) is 32.9. The van der Waals surface area contributed by atoms with Crippen LogP contribution in [-0.2, 0) is 93.2 Å². The quantitative estimate of drug-likeness (QED) is 0.0625. The summed E-state index contributed by atoms with van der Waals surface area (Å²) < 4.78 is 0. The summed E-state index contributed by atoms with van der Waals surface area (Å²) in [5.74, 6) is -0.0188. The van der Waals surface area contributed by atoms with Gasteiger partial charge < -0.3 is 31.4 Å². The number of rotatable bonds is 8. The Labute approximate surface area is 611 Å². The first kappa shape index (κ1) is 84.7. The third-order valence-corrected chi connectivity index (χ3v) is 16.7. The molecule has 9 aromatic rings. The summed E-state index contributed by atoms with van der Waals surface area (Å²) in [4.78, 5) is 23.4. The van der Waals surface area contributed by atoms with Crippen LogP contribution >= 0.6 is 0 Å². The summed E-state index contributed by atoms with van der Waals surface area (Å²) in [5, 5.41) is 56.1. The second-order valence-electron chi connectivity index (χ2n) is 33.2. The molecule has 8 aromatic carbocycles. The molecule has 13 heteroatoms. The zero-order valence-corrected chi connectivity index (χ0v) is 69.1. The van der Waals surface area contributed by atoms with E-state index in [9.17, 15) is 20.4 Å². The van der Waals surface area contributed by atoms with Crippen LogP contribution in [0.5, 0.6) is 23.0 Å². The molecule has 0 aliphatic rings. The van der Waals surface area contributed by atoms with Crippen molar-refractivity contribution in [2.75, 3.05) is 0 Å². The van der Waals surface area contributed by atoms with E-state index in [1.54, 1.807) is 24.9 Å². The molecule has 0 radical (unpaired) electrons. The molecule has 11 nitrogen and oxygen atoms in total. The van der Waals surface area contributed by atoms with Crippen molar-refractivity contribution in [1.82, 2.24) is 4.98 Å². The van der Waals surface area contributed by atoms with E-state index in [-0.39, 0.29) is 116 Å². The molecule has 0 unspecified atom stereocenters. The SMILES string of the molecule is CC(C)(C)c1cc(C=Nc2ccccc2N=Cc2cc(C(C)(C)C)cc(C(C)(C)C)c2[O-])c([O-])c(C(C)(C)C)c1.CC(C)(C)c1cc(C=Nc2ccccc2N=Cc2cc(C(C)(C)C)cc(C(C)(C)C)c2[O-])c([O-])c(C(C)(C)C)c1.[OH3+].[OH3+].[Zn+2].[Zn+2].c1ccc2nc3ccccc3cc2c1. The number of para-hydroxylation sites is 6. The van der Waals surface area contributed by atoms with Gasteiger partial charge in [-0.15, -0.1) is 0 Å². The molecular formula is C85H107N5O6Zn2+2. The zero-order chi connectivity index (χ0) is 69.9. The van der Waals surface area contributed by atoms with Crippen LogP contribution in [0.15, 0.2) is 172 Å². The number of aliphatic imine (C=N–C) groups is 4. The van der Waals surface area contributed by atoms with E-state index in [0.717, 1.165) is 55.5 Å². The van der Waals surface area contributed by atoms with E-state index in [1.165, 1.54) is 10.8 Å². The van der Waals surface area contributed by atoms with Crippen molar-refractivity contribution in [3.05, 3.63) is 218 Å². The second-order valence-corrected chi connectivity index (χ2v) is 33.2. The van der Waals surface area contributed by atoms with Gasteiger partial charge in [0.2, 0.25) is 0 Å². The number of aromatic nitrogens is 1. The van der Waals surface area contributed by atoms with Crippen molar-refractivity contribution in [3.8, 4) is 23.0 Å².